The van der Waals surface area contributed by atoms with Gasteiger partial charge in [0.2, 0.25) is 0 Å². The van der Waals surface area contributed by atoms with Gasteiger partial charge in [-0.05, 0) is 30.9 Å². The third-order valence-electron chi connectivity index (χ3n) is 3.78. The summed E-state index contributed by atoms with van der Waals surface area (Å²) in [5.74, 6) is 1.67. The first-order valence-corrected chi connectivity index (χ1v) is 8.43. The minimum Gasteiger partial charge on any atom is -0.454 e. The minimum absolute atomic E-state index is 0.173. The lowest BCUT2D eigenvalue weighted by atomic mass is 9.97. The standard InChI is InChI=1S/C17H30N4O2/c1-4-6-8-13(7-5-2)11-20-17(19-3)21-12-14-9-10-15(23-14)16(18)22/h9-10,13H,4-8,11-12H2,1-3H3,(H2,18,22)(H2,19,20,21). The van der Waals surface area contributed by atoms with Crippen molar-refractivity contribution in [1.29, 1.82) is 0 Å². The highest BCUT2D eigenvalue weighted by Crippen LogP contribution is 2.13. The SMILES string of the molecule is CCCCC(CCC)CNC(=NC)NCc1ccc(C(N)=O)o1. The molecule has 0 spiro atoms. The van der Waals surface area contributed by atoms with Gasteiger partial charge >= 0.3 is 0 Å². The molecule has 0 aliphatic carbocycles. The van der Waals surface area contributed by atoms with Crippen LogP contribution >= 0.6 is 0 Å². The highest BCUT2D eigenvalue weighted by Gasteiger charge is 2.10. The number of aliphatic imine (C=N–C) groups is 1. The molecular weight excluding hydrogens is 292 g/mol. The highest BCUT2D eigenvalue weighted by molar-refractivity contribution is 5.89. The van der Waals surface area contributed by atoms with Crippen LogP contribution in [0.2, 0.25) is 0 Å². The summed E-state index contributed by atoms with van der Waals surface area (Å²) >= 11 is 0. The van der Waals surface area contributed by atoms with E-state index in [9.17, 15) is 4.79 Å². The first-order valence-electron chi connectivity index (χ1n) is 8.43. The summed E-state index contributed by atoms with van der Waals surface area (Å²) < 4.78 is 5.34. The van der Waals surface area contributed by atoms with E-state index in [1.165, 1.54) is 32.1 Å². The molecule has 6 nitrogen and oxygen atoms in total. The van der Waals surface area contributed by atoms with Crippen molar-refractivity contribution >= 4 is 11.9 Å². The number of nitrogens with zero attached hydrogens (tertiary/aromatic N) is 1. The van der Waals surface area contributed by atoms with Crippen LogP contribution in [-0.4, -0.2) is 25.5 Å². The number of hydrogen-bond donors (Lipinski definition) is 3. The van der Waals surface area contributed by atoms with E-state index in [1.54, 1.807) is 19.2 Å². The molecular formula is C17H30N4O2. The molecule has 1 rings (SSSR count). The van der Waals surface area contributed by atoms with Crippen LogP contribution in [0.15, 0.2) is 21.5 Å². The maximum atomic E-state index is 11.0. The van der Waals surface area contributed by atoms with Crippen molar-refractivity contribution in [2.45, 2.75) is 52.5 Å². The molecule has 0 radical (unpaired) electrons. The van der Waals surface area contributed by atoms with Gasteiger partial charge in [-0.25, -0.2) is 0 Å². The molecule has 0 fully saturated rings. The molecule has 1 amide bonds. The Kier molecular flexibility index (Phi) is 8.87. The number of carbonyl (C=O) groups excluding carboxylic acids is 1. The van der Waals surface area contributed by atoms with Crippen molar-refractivity contribution in [1.82, 2.24) is 10.6 Å². The third-order valence-corrected chi connectivity index (χ3v) is 3.78. The van der Waals surface area contributed by atoms with Gasteiger partial charge in [0.05, 0.1) is 6.54 Å². The number of hydrogen-bond acceptors (Lipinski definition) is 3. The lowest BCUT2D eigenvalue weighted by molar-refractivity contribution is 0.0972. The topological polar surface area (TPSA) is 92.6 Å². The van der Waals surface area contributed by atoms with Crippen molar-refractivity contribution in [2.75, 3.05) is 13.6 Å². The van der Waals surface area contributed by atoms with Crippen LogP contribution in [0.4, 0.5) is 0 Å². The number of guanidine groups is 1. The Bertz CT molecular complexity index is 497. The van der Waals surface area contributed by atoms with Gasteiger partial charge in [0, 0.05) is 13.6 Å². The third kappa shape index (κ3) is 7.21. The van der Waals surface area contributed by atoms with Gasteiger partial charge in [0.15, 0.2) is 11.7 Å². The molecule has 6 heteroatoms. The van der Waals surface area contributed by atoms with Crippen LogP contribution in [0.25, 0.3) is 0 Å². The second-order valence-electron chi connectivity index (χ2n) is 5.73. The number of primary amides is 1. The van der Waals surface area contributed by atoms with Crippen molar-refractivity contribution in [3.05, 3.63) is 23.7 Å². The molecule has 0 saturated carbocycles. The number of nitrogens with two attached hydrogens (primary N) is 1. The molecule has 1 aromatic heterocycles. The number of nitrogens with one attached hydrogen (secondary N) is 2. The Balaban J connectivity index is 2.42. The molecule has 0 aromatic carbocycles. The van der Waals surface area contributed by atoms with Gasteiger partial charge in [0.25, 0.3) is 5.91 Å². The second kappa shape index (κ2) is 10.7. The summed E-state index contributed by atoms with van der Waals surface area (Å²) in [6.07, 6.45) is 6.16. The first-order chi connectivity index (χ1) is 11.1. The zero-order chi connectivity index (χ0) is 17.1. The molecule has 0 aliphatic heterocycles. The van der Waals surface area contributed by atoms with E-state index in [-0.39, 0.29) is 5.76 Å². The van der Waals surface area contributed by atoms with Gasteiger partial charge in [-0.15, -0.1) is 0 Å². The van der Waals surface area contributed by atoms with Crippen LogP contribution < -0.4 is 16.4 Å². The lowest BCUT2D eigenvalue weighted by Crippen LogP contribution is -2.39. The van der Waals surface area contributed by atoms with Crippen molar-refractivity contribution in [3.8, 4) is 0 Å². The second-order valence-corrected chi connectivity index (χ2v) is 5.73. The summed E-state index contributed by atoms with van der Waals surface area (Å²) in [6.45, 7) is 5.82. The average Bonchev–Trinajstić information content (AvgIpc) is 3.01. The maximum absolute atomic E-state index is 11.0. The lowest BCUT2D eigenvalue weighted by Gasteiger charge is -2.18. The van der Waals surface area contributed by atoms with E-state index in [2.05, 4.69) is 29.5 Å². The largest absolute Gasteiger partial charge is 0.454 e. The summed E-state index contributed by atoms with van der Waals surface area (Å²) in [7, 11) is 1.74. The fourth-order valence-electron chi connectivity index (χ4n) is 2.49. The smallest absolute Gasteiger partial charge is 0.284 e. The van der Waals surface area contributed by atoms with Crippen LogP contribution in [0.1, 0.15) is 62.3 Å². The van der Waals surface area contributed by atoms with E-state index in [4.69, 9.17) is 10.2 Å². The first kappa shape index (κ1) is 19.1. The van der Waals surface area contributed by atoms with Crippen molar-refractivity contribution in [2.24, 2.45) is 16.6 Å². The molecule has 1 heterocycles. The minimum atomic E-state index is -0.558. The zero-order valence-corrected chi connectivity index (χ0v) is 14.5. The van der Waals surface area contributed by atoms with Gasteiger partial charge < -0.3 is 20.8 Å². The van der Waals surface area contributed by atoms with E-state index < -0.39 is 5.91 Å². The van der Waals surface area contributed by atoms with E-state index >= 15 is 0 Å². The van der Waals surface area contributed by atoms with Crippen LogP contribution in [0.3, 0.4) is 0 Å². The van der Waals surface area contributed by atoms with E-state index in [0.717, 1.165) is 12.5 Å². The quantitative estimate of drug-likeness (QED) is 0.456. The number of amides is 1. The van der Waals surface area contributed by atoms with Gasteiger partial charge in [-0.2, -0.15) is 0 Å². The Morgan fingerprint density at radius 3 is 2.61 bits per heavy atom. The highest BCUT2D eigenvalue weighted by atomic mass is 16.3. The number of furan rings is 1. The van der Waals surface area contributed by atoms with E-state index in [1.807, 2.05) is 0 Å². The molecule has 0 saturated heterocycles. The predicted octanol–water partition coefficient (Wildman–Crippen LogP) is 2.65. The zero-order valence-electron chi connectivity index (χ0n) is 14.5. The number of carbonyl (C=O) groups is 1. The Morgan fingerprint density at radius 1 is 1.26 bits per heavy atom. The molecule has 130 valence electrons. The van der Waals surface area contributed by atoms with Gasteiger partial charge in [-0.1, -0.05) is 33.1 Å². The predicted molar refractivity (Wildman–Crippen MR) is 93.4 cm³/mol. The van der Waals surface area contributed by atoms with Crippen molar-refractivity contribution < 1.29 is 9.21 Å². The summed E-state index contributed by atoms with van der Waals surface area (Å²) in [5.41, 5.74) is 5.17. The maximum Gasteiger partial charge on any atom is 0.284 e. The van der Waals surface area contributed by atoms with E-state index in [0.29, 0.717) is 18.2 Å². The molecule has 4 N–H and O–H groups in total. The van der Waals surface area contributed by atoms with Crippen LogP contribution in [0.5, 0.6) is 0 Å². The molecule has 23 heavy (non-hydrogen) atoms. The summed E-state index contributed by atoms with van der Waals surface area (Å²) in [4.78, 5) is 15.2. The average molecular weight is 322 g/mol. The normalized spacial score (nSPS) is 12.9. The number of rotatable bonds is 10. The fourth-order valence-corrected chi connectivity index (χ4v) is 2.49. The number of unbranched alkanes of at least 4 members (excludes halogenated alkanes) is 1. The molecule has 1 aromatic rings. The summed E-state index contributed by atoms with van der Waals surface area (Å²) in [6, 6.07) is 3.32. The fraction of sp³-hybridized carbons (Fsp3) is 0.647. The van der Waals surface area contributed by atoms with Crippen LogP contribution in [0, 0.1) is 5.92 Å². The van der Waals surface area contributed by atoms with Gasteiger partial charge in [-0.3, -0.25) is 9.79 Å². The molecule has 0 bridgehead atoms. The Hall–Kier alpha value is -1.98. The van der Waals surface area contributed by atoms with Crippen molar-refractivity contribution in [3.63, 3.8) is 0 Å². The molecule has 1 atom stereocenters. The molecule has 1 unspecified atom stereocenters. The van der Waals surface area contributed by atoms with Crippen LogP contribution in [-0.2, 0) is 6.54 Å². The Morgan fingerprint density at radius 2 is 2.04 bits per heavy atom. The van der Waals surface area contributed by atoms with Gasteiger partial charge in [0.1, 0.15) is 5.76 Å². The molecule has 0 aliphatic rings. The monoisotopic (exact) mass is 322 g/mol. The Labute approximate surface area is 138 Å². The summed E-state index contributed by atoms with van der Waals surface area (Å²) in [5, 5.41) is 6.55.